The maximum absolute atomic E-state index is 12.4. The molecule has 1 aromatic heterocycles. The third-order valence-corrected chi connectivity index (χ3v) is 5.37. The smallest absolute Gasteiger partial charge is 0.235 e. The summed E-state index contributed by atoms with van der Waals surface area (Å²) >= 11 is 7.68. The summed E-state index contributed by atoms with van der Waals surface area (Å²) in [6, 6.07) is 7.52. The second-order valence-electron chi connectivity index (χ2n) is 5.86. The highest BCUT2D eigenvalue weighted by molar-refractivity contribution is 8.00. The number of benzene rings is 1. The van der Waals surface area contributed by atoms with E-state index in [1.165, 1.54) is 11.8 Å². The summed E-state index contributed by atoms with van der Waals surface area (Å²) in [4.78, 5) is 14.0. The molecule has 1 amide bonds. The van der Waals surface area contributed by atoms with E-state index in [0.29, 0.717) is 16.0 Å². The minimum Gasteiger partial charge on any atom is -0.348 e. The molecule has 0 fully saturated rings. The minimum atomic E-state index is -0.202. The molecule has 0 N–H and O–H groups in total. The molecule has 23 heavy (non-hydrogen) atoms. The monoisotopic (exact) mass is 352 g/mol. The fourth-order valence-electron chi connectivity index (χ4n) is 2.13. The Morgan fingerprint density at radius 1 is 1.26 bits per heavy atom. The summed E-state index contributed by atoms with van der Waals surface area (Å²) in [6.07, 6.45) is 0. The second kappa shape index (κ2) is 7.36. The van der Waals surface area contributed by atoms with Crippen molar-refractivity contribution in [3.05, 3.63) is 29.3 Å². The number of aromatic nitrogens is 3. The highest BCUT2D eigenvalue weighted by atomic mass is 35.5. The van der Waals surface area contributed by atoms with Gasteiger partial charge >= 0.3 is 0 Å². The predicted octanol–water partition coefficient (Wildman–Crippen LogP) is 3.34. The van der Waals surface area contributed by atoms with E-state index in [1.807, 2.05) is 49.7 Å². The van der Waals surface area contributed by atoms with E-state index >= 15 is 0 Å². The number of hydrogen-bond acceptors (Lipinski definition) is 4. The highest BCUT2D eigenvalue weighted by Crippen LogP contribution is 2.32. The first-order chi connectivity index (χ1) is 10.8. The predicted molar refractivity (Wildman–Crippen MR) is 94.6 cm³/mol. The summed E-state index contributed by atoms with van der Waals surface area (Å²) in [5.41, 5.74) is 0.830. The molecule has 0 spiro atoms. The lowest BCUT2D eigenvalue weighted by Crippen LogP contribution is -2.35. The number of thioether (sulfide) groups is 1. The van der Waals surface area contributed by atoms with Gasteiger partial charge in [0.2, 0.25) is 5.91 Å². The molecule has 1 atom stereocenters. The second-order valence-corrected chi connectivity index (χ2v) is 7.38. The van der Waals surface area contributed by atoms with Gasteiger partial charge in [0.25, 0.3) is 0 Å². The first-order valence-corrected chi connectivity index (χ1v) is 8.60. The van der Waals surface area contributed by atoms with Crippen LogP contribution in [-0.2, 0) is 11.8 Å². The fourth-order valence-corrected chi connectivity index (χ4v) is 3.50. The van der Waals surface area contributed by atoms with Crippen LogP contribution in [0.25, 0.3) is 11.4 Å². The van der Waals surface area contributed by atoms with Crippen LogP contribution >= 0.6 is 23.4 Å². The van der Waals surface area contributed by atoms with Gasteiger partial charge in [-0.25, -0.2) is 0 Å². The van der Waals surface area contributed by atoms with Crippen molar-refractivity contribution in [2.45, 2.75) is 24.3 Å². The van der Waals surface area contributed by atoms with Crippen molar-refractivity contribution in [1.29, 1.82) is 0 Å². The quantitative estimate of drug-likeness (QED) is 0.774. The molecule has 7 heteroatoms. The molecule has 0 aliphatic rings. The number of hydrogen-bond donors (Lipinski definition) is 0. The van der Waals surface area contributed by atoms with E-state index < -0.39 is 0 Å². The molecule has 0 saturated carbocycles. The first kappa shape index (κ1) is 17.8. The number of amides is 1. The fraction of sp³-hybridized carbons (Fsp3) is 0.438. The average Bonchev–Trinajstić information content (AvgIpc) is 2.85. The zero-order valence-corrected chi connectivity index (χ0v) is 15.5. The van der Waals surface area contributed by atoms with E-state index in [2.05, 4.69) is 10.2 Å². The molecule has 1 heterocycles. The lowest BCUT2D eigenvalue weighted by molar-refractivity contribution is -0.128. The minimum absolute atomic E-state index is 0.0762. The maximum atomic E-state index is 12.4. The van der Waals surface area contributed by atoms with Crippen LogP contribution in [0, 0.1) is 5.92 Å². The van der Waals surface area contributed by atoms with E-state index in [4.69, 9.17) is 11.6 Å². The largest absolute Gasteiger partial charge is 0.348 e. The van der Waals surface area contributed by atoms with Crippen molar-refractivity contribution < 1.29 is 4.79 Å². The molecule has 2 aromatic rings. The van der Waals surface area contributed by atoms with E-state index in [1.54, 1.807) is 19.0 Å². The van der Waals surface area contributed by atoms with Gasteiger partial charge in [-0.3, -0.25) is 4.79 Å². The Balaban J connectivity index is 2.32. The van der Waals surface area contributed by atoms with E-state index in [-0.39, 0.29) is 17.1 Å². The van der Waals surface area contributed by atoms with Gasteiger partial charge in [0.05, 0.1) is 10.3 Å². The van der Waals surface area contributed by atoms with Crippen molar-refractivity contribution in [2.24, 2.45) is 13.0 Å². The third-order valence-electron chi connectivity index (χ3n) is 3.47. The van der Waals surface area contributed by atoms with Crippen molar-refractivity contribution in [1.82, 2.24) is 19.7 Å². The third kappa shape index (κ3) is 3.87. The summed E-state index contributed by atoms with van der Waals surface area (Å²) in [7, 11) is 5.42. The number of carbonyl (C=O) groups is 1. The lowest BCUT2D eigenvalue weighted by atomic mass is 10.1. The van der Waals surface area contributed by atoms with Gasteiger partial charge in [0, 0.05) is 26.7 Å². The molecule has 124 valence electrons. The summed E-state index contributed by atoms with van der Waals surface area (Å²) in [5, 5.41) is 9.62. The summed E-state index contributed by atoms with van der Waals surface area (Å²) in [6.45, 7) is 4.06. The standard InChI is InChI=1S/C16H21ClN4OS/c1-10(2)13(15(22)20(3)4)23-16-19-18-14(21(16)5)11-8-6-7-9-12(11)17/h6-10,13H,1-5H3/t13-/m1/s1. The highest BCUT2D eigenvalue weighted by Gasteiger charge is 2.27. The van der Waals surface area contributed by atoms with Gasteiger partial charge in [0.1, 0.15) is 0 Å². The van der Waals surface area contributed by atoms with Crippen molar-refractivity contribution in [3.8, 4) is 11.4 Å². The Labute approximate surface area is 146 Å². The molecule has 5 nitrogen and oxygen atoms in total. The number of halogens is 1. The van der Waals surface area contributed by atoms with Gasteiger partial charge in [0.15, 0.2) is 11.0 Å². The Morgan fingerprint density at radius 2 is 1.91 bits per heavy atom. The lowest BCUT2D eigenvalue weighted by Gasteiger charge is -2.22. The molecule has 0 radical (unpaired) electrons. The van der Waals surface area contributed by atoms with Crippen LogP contribution < -0.4 is 0 Å². The van der Waals surface area contributed by atoms with Gasteiger partial charge in [-0.1, -0.05) is 49.3 Å². The molecular formula is C16H21ClN4OS. The zero-order valence-electron chi connectivity index (χ0n) is 13.9. The molecule has 2 rings (SSSR count). The Kier molecular flexibility index (Phi) is 5.70. The van der Waals surface area contributed by atoms with Crippen LogP contribution in [0.5, 0.6) is 0 Å². The normalized spacial score (nSPS) is 12.5. The van der Waals surface area contributed by atoms with Gasteiger partial charge in [-0.15, -0.1) is 10.2 Å². The number of rotatable bonds is 5. The van der Waals surface area contributed by atoms with Crippen LogP contribution in [0.3, 0.4) is 0 Å². The molecule has 0 unspecified atom stereocenters. The van der Waals surface area contributed by atoms with E-state index in [9.17, 15) is 4.79 Å². The average molecular weight is 353 g/mol. The van der Waals surface area contributed by atoms with Crippen molar-refractivity contribution >= 4 is 29.3 Å². The van der Waals surface area contributed by atoms with Crippen molar-refractivity contribution in [3.63, 3.8) is 0 Å². The van der Waals surface area contributed by atoms with Crippen LogP contribution in [-0.4, -0.2) is 44.9 Å². The molecule has 0 aliphatic carbocycles. The van der Waals surface area contributed by atoms with Crippen LogP contribution in [0.1, 0.15) is 13.8 Å². The Bertz CT molecular complexity index is 699. The maximum Gasteiger partial charge on any atom is 0.235 e. The van der Waals surface area contributed by atoms with Crippen LogP contribution in [0.2, 0.25) is 5.02 Å². The first-order valence-electron chi connectivity index (χ1n) is 7.35. The topological polar surface area (TPSA) is 51.0 Å². The zero-order chi connectivity index (χ0) is 17.1. The van der Waals surface area contributed by atoms with Gasteiger partial charge < -0.3 is 9.47 Å². The number of carbonyl (C=O) groups excluding carboxylic acids is 1. The SMILES string of the molecule is CC(C)[C@@H](Sc1nnc(-c2ccccc2Cl)n1C)C(=O)N(C)C. The van der Waals surface area contributed by atoms with Gasteiger partial charge in [-0.2, -0.15) is 0 Å². The van der Waals surface area contributed by atoms with E-state index in [0.717, 1.165) is 5.56 Å². The summed E-state index contributed by atoms with van der Waals surface area (Å²) in [5.74, 6) is 0.959. The molecule has 0 saturated heterocycles. The molecule has 0 aliphatic heterocycles. The van der Waals surface area contributed by atoms with Crippen LogP contribution in [0.4, 0.5) is 0 Å². The molecule has 0 bridgehead atoms. The summed E-state index contributed by atoms with van der Waals surface area (Å²) < 4.78 is 1.88. The Morgan fingerprint density at radius 3 is 2.48 bits per heavy atom. The van der Waals surface area contributed by atoms with Gasteiger partial charge in [-0.05, 0) is 18.1 Å². The Hall–Kier alpha value is -1.53. The molecular weight excluding hydrogens is 332 g/mol. The van der Waals surface area contributed by atoms with Crippen LogP contribution in [0.15, 0.2) is 29.4 Å². The van der Waals surface area contributed by atoms with Crippen molar-refractivity contribution in [2.75, 3.05) is 14.1 Å². The number of nitrogens with zero attached hydrogens (tertiary/aromatic N) is 4. The molecule has 1 aromatic carbocycles.